The fourth-order valence-electron chi connectivity index (χ4n) is 2.46. The highest BCUT2D eigenvalue weighted by Gasteiger charge is 2.16. The van der Waals surface area contributed by atoms with Crippen molar-refractivity contribution in [1.29, 1.82) is 0 Å². The van der Waals surface area contributed by atoms with Crippen LogP contribution in [0.5, 0.6) is 11.5 Å². The average molecular weight is 383 g/mol. The quantitative estimate of drug-likeness (QED) is 0.554. The second-order valence-corrected chi connectivity index (χ2v) is 6.07. The molecule has 2 aromatic carbocycles. The number of esters is 1. The molecule has 0 aromatic heterocycles. The number of nitrogens with one attached hydrogen (secondary N) is 1. The number of rotatable bonds is 8. The minimum absolute atomic E-state index is 0.392. The number of benzene rings is 2. The Balaban J connectivity index is 1.92. The molecule has 0 aliphatic heterocycles. The number of amides is 1. The number of carbonyl (C=O) groups excluding carboxylic acids is 2. The van der Waals surface area contributed by atoms with Crippen LogP contribution in [0.3, 0.4) is 0 Å². The van der Waals surface area contributed by atoms with Gasteiger partial charge in [0.2, 0.25) is 0 Å². The molecule has 0 saturated carbocycles. The van der Waals surface area contributed by atoms with E-state index in [-0.39, 0.29) is 0 Å². The molecule has 6 heteroatoms. The van der Waals surface area contributed by atoms with Crippen LogP contribution >= 0.6 is 0 Å². The van der Waals surface area contributed by atoms with Gasteiger partial charge in [-0.25, -0.2) is 4.79 Å². The maximum absolute atomic E-state index is 12.2. The first kappa shape index (κ1) is 21.0. The lowest BCUT2D eigenvalue weighted by atomic mass is 10.1. The van der Waals surface area contributed by atoms with Crippen molar-refractivity contribution < 1.29 is 23.8 Å². The summed E-state index contributed by atoms with van der Waals surface area (Å²) in [5.41, 5.74) is 2.58. The lowest BCUT2D eigenvalue weighted by Gasteiger charge is -2.12. The molecule has 28 heavy (non-hydrogen) atoms. The molecule has 0 heterocycles. The third-order valence-corrected chi connectivity index (χ3v) is 4.11. The smallest absolute Gasteiger partial charge is 0.331 e. The van der Waals surface area contributed by atoms with Crippen LogP contribution in [0.4, 0.5) is 5.69 Å². The lowest BCUT2D eigenvalue weighted by Crippen LogP contribution is -2.29. The van der Waals surface area contributed by atoms with E-state index >= 15 is 0 Å². The van der Waals surface area contributed by atoms with Crippen molar-refractivity contribution >= 4 is 23.6 Å². The summed E-state index contributed by atoms with van der Waals surface area (Å²) < 4.78 is 15.6. The molecule has 1 atom stereocenters. The van der Waals surface area contributed by atoms with E-state index < -0.39 is 18.0 Å². The topological polar surface area (TPSA) is 73.9 Å². The van der Waals surface area contributed by atoms with Gasteiger partial charge in [0.25, 0.3) is 5.91 Å². The molecular weight excluding hydrogens is 358 g/mol. The molecule has 6 nitrogen and oxygen atoms in total. The largest absolute Gasteiger partial charge is 0.493 e. The molecule has 148 valence electrons. The second kappa shape index (κ2) is 10.2. The van der Waals surface area contributed by atoms with Gasteiger partial charge in [0, 0.05) is 11.8 Å². The van der Waals surface area contributed by atoms with Gasteiger partial charge in [0.1, 0.15) is 0 Å². The summed E-state index contributed by atoms with van der Waals surface area (Å²) in [6.45, 7) is 3.59. The number of hydrogen-bond acceptors (Lipinski definition) is 5. The molecule has 0 bridgehead atoms. The molecule has 0 radical (unpaired) electrons. The zero-order valence-electron chi connectivity index (χ0n) is 16.5. The van der Waals surface area contributed by atoms with Crippen molar-refractivity contribution in [2.24, 2.45) is 0 Å². The Kier molecular flexibility index (Phi) is 7.63. The van der Waals surface area contributed by atoms with Crippen molar-refractivity contribution in [3.63, 3.8) is 0 Å². The van der Waals surface area contributed by atoms with E-state index in [1.54, 1.807) is 31.4 Å². The van der Waals surface area contributed by atoms with Crippen LogP contribution in [-0.2, 0) is 20.7 Å². The number of anilines is 1. The van der Waals surface area contributed by atoms with Gasteiger partial charge in [0.15, 0.2) is 17.6 Å². The average Bonchev–Trinajstić information content (AvgIpc) is 2.72. The summed E-state index contributed by atoms with van der Waals surface area (Å²) in [6.07, 6.45) is 2.85. The third-order valence-electron chi connectivity index (χ3n) is 4.11. The summed E-state index contributed by atoms with van der Waals surface area (Å²) in [5, 5.41) is 2.73. The van der Waals surface area contributed by atoms with Crippen LogP contribution in [0, 0.1) is 0 Å². The Bertz CT molecular complexity index is 843. The Morgan fingerprint density at radius 1 is 1.04 bits per heavy atom. The lowest BCUT2D eigenvalue weighted by molar-refractivity contribution is -0.148. The van der Waals surface area contributed by atoms with Crippen LogP contribution in [0.25, 0.3) is 6.08 Å². The van der Waals surface area contributed by atoms with Gasteiger partial charge in [-0.1, -0.05) is 25.1 Å². The van der Waals surface area contributed by atoms with Gasteiger partial charge in [-0.2, -0.15) is 0 Å². The minimum Gasteiger partial charge on any atom is -0.493 e. The minimum atomic E-state index is -0.923. The van der Waals surface area contributed by atoms with Crippen LogP contribution in [-0.4, -0.2) is 32.2 Å². The fraction of sp³-hybridized carbons (Fsp3) is 0.273. The van der Waals surface area contributed by atoms with Gasteiger partial charge >= 0.3 is 5.97 Å². The summed E-state index contributed by atoms with van der Waals surface area (Å²) in [5.74, 6) is 0.148. The predicted molar refractivity (Wildman–Crippen MR) is 109 cm³/mol. The van der Waals surface area contributed by atoms with Crippen LogP contribution < -0.4 is 14.8 Å². The van der Waals surface area contributed by atoms with Crippen molar-refractivity contribution in [3.05, 3.63) is 59.7 Å². The van der Waals surface area contributed by atoms with E-state index in [0.717, 1.165) is 12.0 Å². The molecule has 2 aromatic rings. The Labute approximate surface area is 165 Å². The zero-order chi connectivity index (χ0) is 20.5. The van der Waals surface area contributed by atoms with Gasteiger partial charge in [-0.3, -0.25) is 4.79 Å². The first-order chi connectivity index (χ1) is 13.5. The molecular formula is C22H25NO5. The number of aryl methyl sites for hydroxylation is 1. The van der Waals surface area contributed by atoms with Gasteiger partial charge < -0.3 is 19.5 Å². The standard InChI is InChI=1S/C22H25NO5/c1-5-16-6-10-18(11-7-16)23-22(25)15(2)28-21(24)13-9-17-8-12-19(26-3)20(14-17)27-4/h6-15H,5H2,1-4H3,(H,23,25)/b13-9+/t15-/m0/s1. The van der Waals surface area contributed by atoms with Gasteiger partial charge in [-0.15, -0.1) is 0 Å². The highest BCUT2D eigenvalue weighted by Crippen LogP contribution is 2.27. The number of methoxy groups -OCH3 is 2. The molecule has 1 N–H and O–H groups in total. The molecule has 0 fully saturated rings. The summed E-state index contributed by atoms with van der Waals surface area (Å²) in [4.78, 5) is 24.2. The number of carbonyl (C=O) groups is 2. The normalized spacial score (nSPS) is 11.7. The monoisotopic (exact) mass is 383 g/mol. The zero-order valence-corrected chi connectivity index (χ0v) is 16.5. The van der Waals surface area contributed by atoms with Crippen LogP contribution in [0.1, 0.15) is 25.0 Å². The molecule has 0 aliphatic carbocycles. The fourth-order valence-corrected chi connectivity index (χ4v) is 2.46. The molecule has 2 rings (SSSR count). The summed E-state index contributed by atoms with van der Waals surface area (Å²) in [6, 6.07) is 12.8. The molecule has 0 saturated heterocycles. The highest BCUT2D eigenvalue weighted by molar-refractivity contribution is 5.96. The maximum Gasteiger partial charge on any atom is 0.331 e. The second-order valence-electron chi connectivity index (χ2n) is 6.07. The molecule has 0 unspecified atom stereocenters. The summed E-state index contributed by atoms with van der Waals surface area (Å²) >= 11 is 0. The maximum atomic E-state index is 12.2. The SMILES string of the molecule is CCc1ccc(NC(=O)[C@H](C)OC(=O)/C=C/c2ccc(OC)c(OC)c2)cc1. The number of ether oxygens (including phenoxy) is 3. The third kappa shape index (κ3) is 5.87. The molecule has 1 amide bonds. The van der Waals surface area contributed by atoms with Gasteiger partial charge in [-0.05, 0) is 54.8 Å². The van der Waals surface area contributed by atoms with Crippen molar-refractivity contribution in [2.45, 2.75) is 26.4 Å². The van der Waals surface area contributed by atoms with E-state index in [1.165, 1.54) is 25.7 Å². The highest BCUT2D eigenvalue weighted by atomic mass is 16.5. The first-order valence-electron chi connectivity index (χ1n) is 8.97. The summed E-state index contributed by atoms with van der Waals surface area (Å²) in [7, 11) is 3.09. The van der Waals surface area contributed by atoms with Crippen LogP contribution in [0.15, 0.2) is 48.5 Å². The Hall–Kier alpha value is -3.28. The van der Waals surface area contributed by atoms with Gasteiger partial charge in [0.05, 0.1) is 14.2 Å². The van der Waals surface area contributed by atoms with E-state index in [2.05, 4.69) is 12.2 Å². The number of hydrogen-bond donors (Lipinski definition) is 1. The molecule has 0 aliphatic rings. The van der Waals surface area contributed by atoms with Crippen molar-refractivity contribution in [1.82, 2.24) is 0 Å². The van der Waals surface area contributed by atoms with E-state index in [0.29, 0.717) is 17.2 Å². The van der Waals surface area contributed by atoms with Crippen molar-refractivity contribution in [2.75, 3.05) is 19.5 Å². The molecule has 0 spiro atoms. The van der Waals surface area contributed by atoms with E-state index in [4.69, 9.17) is 14.2 Å². The van der Waals surface area contributed by atoms with E-state index in [9.17, 15) is 9.59 Å². The Morgan fingerprint density at radius 3 is 2.32 bits per heavy atom. The first-order valence-corrected chi connectivity index (χ1v) is 8.97. The van der Waals surface area contributed by atoms with Crippen LogP contribution in [0.2, 0.25) is 0 Å². The van der Waals surface area contributed by atoms with Crippen molar-refractivity contribution in [3.8, 4) is 11.5 Å². The predicted octanol–water partition coefficient (Wildman–Crippen LogP) is 3.85. The van der Waals surface area contributed by atoms with E-state index in [1.807, 2.05) is 24.3 Å². The Morgan fingerprint density at radius 2 is 1.71 bits per heavy atom.